The topological polar surface area (TPSA) is 87.0 Å². The molecule has 74 valence electrons. The minimum atomic E-state index is -4.57. The van der Waals surface area contributed by atoms with Crippen LogP contribution in [-0.2, 0) is 9.09 Å². The van der Waals surface area contributed by atoms with Crippen molar-refractivity contribution < 1.29 is 28.5 Å². The van der Waals surface area contributed by atoms with Crippen molar-refractivity contribution in [3.05, 3.63) is 0 Å². The molecule has 6 nitrogen and oxygen atoms in total. The summed E-state index contributed by atoms with van der Waals surface area (Å²) in [6, 6.07) is 0. The van der Waals surface area contributed by atoms with Crippen LogP contribution in [0.3, 0.4) is 0 Å². The van der Waals surface area contributed by atoms with E-state index in [0.29, 0.717) is 4.48 Å². The third-order valence-corrected chi connectivity index (χ3v) is 1.48. The zero-order valence-electron chi connectivity index (χ0n) is 7.34. The van der Waals surface area contributed by atoms with Crippen LogP contribution < -0.4 is 0 Å². The molecule has 0 saturated heterocycles. The van der Waals surface area contributed by atoms with Gasteiger partial charge in [0.05, 0.1) is 21.1 Å². The van der Waals surface area contributed by atoms with E-state index >= 15 is 0 Å². The van der Waals surface area contributed by atoms with Crippen molar-refractivity contribution in [1.82, 2.24) is 0 Å². The summed E-state index contributed by atoms with van der Waals surface area (Å²) in [7, 11) is 0.742. The Labute approximate surface area is 71.2 Å². The Kier molecular flexibility index (Phi) is 3.84. The fourth-order valence-corrected chi connectivity index (χ4v) is 1.04. The van der Waals surface area contributed by atoms with E-state index in [1.54, 1.807) is 21.1 Å². The highest BCUT2D eigenvalue weighted by Crippen LogP contribution is 2.37. The first-order valence-corrected chi connectivity index (χ1v) is 4.86. The number of nitrogens with zero attached hydrogens (tertiary/aromatic N) is 1. The van der Waals surface area contributed by atoms with E-state index in [1.165, 1.54) is 0 Å². The van der Waals surface area contributed by atoms with E-state index in [0.717, 1.165) is 0 Å². The van der Waals surface area contributed by atoms with Gasteiger partial charge in [-0.15, -0.1) is 0 Å². The van der Waals surface area contributed by atoms with Crippen molar-refractivity contribution in [2.45, 2.75) is 6.29 Å². The Morgan fingerprint density at radius 2 is 1.83 bits per heavy atom. The van der Waals surface area contributed by atoms with Gasteiger partial charge in [0.1, 0.15) is 6.54 Å². The number of rotatable bonds is 4. The molecule has 0 aliphatic rings. The molecular formula is C5H15NO5P+. The van der Waals surface area contributed by atoms with Gasteiger partial charge in [-0.3, -0.25) is 4.52 Å². The first kappa shape index (κ1) is 12.0. The summed E-state index contributed by atoms with van der Waals surface area (Å²) in [6.07, 6.45) is -1.44. The van der Waals surface area contributed by atoms with Crippen LogP contribution in [-0.4, -0.2) is 53.4 Å². The van der Waals surface area contributed by atoms with E-state index < -0.39 is 14.1 Å². The van der Waals surface area contributed by atoms with Crippen molar-refractivity contribution >= 4 is 7.82 Å². The summed E-state index contributed by atoms with van der Waals surface area (Å²) in [5, 5.41) is 8.99. The molecule has 0 heterocycles. The Morgan fingerprint density at radius 3 is 2.08 bits per heavy atom. The van der Waals surface area contributed by atoms with Gasteiger partial charge in [-0.05, 0) is 0 Å². The standard InChI is InChI=1S/C5H14NO5P/c1-6(2,3)4-5(7)11-12(8,9)10/h5,7H,4H2,1-3H3,(H-,8,9,10)/p+1. The number of aliphatic hydroxyl groups is 1. The molecule has 0 saturated carbocycles. The van der Waals surface area contributed by atoms with Crippen LogP contribution in [0.2, 0.25) is 0 Å². The smallest absolute Gasteiger partial charge is 0.363 e. The highest BCUT2D eigenvalue weighted by molar-refractivity contribution is 7.46. The minimum Gasteiger partial charge on any atom is -0.363 e. The third kappa shape index (κ3) is 8.13. The second-order valence-electron chi connectivity index (χ2n) is 3.52. The van der Waals surface area contributed by atoms with Crippen molar-refractivity contribution in [2.24, 2.45) is 0 Å². The van der Waals surface area contributed by atoms with Gasteiger partial charge in [0, 0.05) is 0 Å². The Balaban J connectivity index is 3.91. The van der Waals surface area contributed by atoms with E-state index in [2.05, 4.69) is 4.52 Å². The van der Waals surface area contributed by atoms with E-state index in [-0.39, 0.29) is 6.54 Å². The van der Waals surface area contributed by atoms with Crippen LogP contribution >= 0.6 is 7.82 Å². The summed E-state index contributed by atoms with van der Waals surface area (Å²) in [5.41, 5.74) is 0. The predicted octanol–water partition coefficient (Wildman–Crippen LogP) is -0.880. The van der Waals surface area contributed by atoms with E-state index in [1.807, 2.05) is 0 Å². The van der Waals surface area contributed by atoms with Gasteiger partial charge in [-0.1, -0.05) is 0 Å². The lowest BCUT2D eigenvalue weighted by molar-refractivity contribution is -0.876. The Morgan fingerprint density at radius 1 is 1.42 bits per heavy atom. The molecule has 3 N–H and O–H groups in total. The van der Waals surface area contributed by atoms with Crippen LogP contribution in [0.1, 0.15) is 0 Å². The van der Waals surface area contributed by atoms with Gasteiger partial charge in [-0.25, -0.2) is 4.57 Å². The Hall–Kier alpha value is 0.0300. The molecule has 12 heavy (non-hydrogen) atoms. The average Bonchev–Trinajstić information content (AvgIpc) is 1.49. The third-order valence-electron chi connectivity index (χ3n) is 0.963. The molecule has 0 fully saturated rings. The number of hydrogen-bond acceptors (Lipinski definition) is 3. The number of aliphatic hydroxyl groups excluding tert-OH is 1. The maximum absolute atomic E-state index is 10.2. The molecule has 1 unspecified atom stereocenters. The largest absolute Gasteiger partial charge is 0.472 e. The number of phosphoric acid groups is 1. The van der Waals surface area contributed by atoms with Gasteiger partial charge in [-0.2, -0.15) is 0 Å². The molecule has 0 radical (unpaired) electrons. The summed E-state index contributed by atoms with van der Waals surface area (Å²) in [6.45, 7) is 0.116. The van der Waals surface area contributed by atoms with Crippen LogP contribution in [0.4, 0.5) is 0 Å². The predicted molar refractivity (Wildman–Crippen MR) is 42.0 cm³/mol. The van der Waals surface area contributed by atoms with Crippen LogP contribution in [0.15, 0.2) is 0 Å². The molecule has 0 bridgehead atoms. The molecule has 0 spiro atoms. The molecule has 0 aliphatic carbocycles. The molecule has 0 aromatic rings. The fraction of sp³-hybridized carbons (Fsp3) is 1.00. The van der Waals surface area contributed by atoms with E-state index in [9.17, 15) is 4.57 Å². The summed E-state index contributed by atoms with van der Waals surface area (Å²) in [5.74, 6) is 0. The molecule has 7 heteroatoms. The van der Waals surface area contributed by atoms with Crippen molar-refractivity contribution in [2.75, 3.05) is 27.7 Å². The van der Waals surface area contributed by atoms with Crippen LogP contribution in [0, 0.1) is 0 Å². The van der Waals surface area contributed by atoms with Crippen molar-refractivity contribution in [3.63, 3.8) is 0 Å². The molecule has 0 aromatic heterocycles. The second-order valence-corrected chi connectivity index (χ2v) is 4.72. The highest BCUT2D eigenvalue weighted by Gasteiger charge is 2.24. The summed E-state index contributed by atoms with van der Waals surface area (Å²) >= 11 is 0. The normalized spacial score (nSPS) is 16.2. The number of quaternary nitrogens is 1. The van der Waals surface area contributed by atoms with Crippen LogP contribution in [0.5, 0.6) is 0 Å². The monoisotopic (exact) mass is 200 g/mol. The van der Waals surface area contributed by atoms with Gasteiger partial charge < -0.3 is 19.4 Å². The quantitative estimate of drug-likeness (QED) is 0.311. The number of likely N-dealkylation sites (N-methyl/N-ethyl adjacent to an activating group) is 1. The SMILES string of the molecule is C[N+](C)(C)CC(O)OP(=O)(O)O. The lowest BCUT2D eigenvalue weighted by Crippen LogP contribution is -2.42. The molecule has 0 aliphatic heterocycles. The van der Waals surface area contributed by atoms with Gasteiger partial charge in [0.15, 0.2) is 0 Å². The zero-order valence-corrected chi connectivity index (χ0v) is 8.23. The Bertz CT molecular complexity index is 183. The van der Waals surface area contributed by atoms with Crippen molar-refractivity contribution in [3.8, 4) is 0 Å². The minimum absolute atomic E-state index is 0.116. The second kappa shape index (κ2) is 3.83. The van der Waals surface area contributed by atoms with Gasteiger partial charge >= 0.3 is 7.82 Å². The average molecular weight is 200 g/mol. The molecular weight excluding hydrogens is 185 g/mol. The molecule has 0 aromatic carbocycles. The first-order chi connectivity index (χ1) is 5.10. The molecule has 1 atom stereocenters. The zero-order chi connectivity index (χ0) is 9.99. The van der Waals surface area contributed by atoms with Crippen molar-refractivity contribution in [1.29, 1.82) is 0 Å². The highest BCUT2D eigenvalue weighted by atomic mass is 31.2. The number of phosphoric ester groups is 1. The maximum atomic E-state index is 10.2. The first-order valence-electron chi connectivity index (χ1n) is 3.33. The fourth-order valence-electron chi connectivity index (χ4n) is 0.660. The lowest BCUT2D eigenvalue weighted by Gasteiger charge is -2.26. The summed E-state index contributed by atoms with van der Waals surface area (Å²) < 4.78 is 14.6. The van der Waals surface area contributed by atoms with Crippen LogP contribution in [0.25, 0.3) is 0 Å². The maximum Gasteiger partial charge on any atom is 0.472 e. The summed E-state index contributed by atoms with van der Waals surface area (Å²) in [4.78, 5) is 16.6. The molecule has 0 rings (SSSR count). The lowest BCUT2D eigenvalue weighted by atomic mass is 10.5. The number of hydrogen-bond donors (Lipinski definition) is 3. The molecule has 0 amide bonds. The van der Waals surface area contributed by atoms with Gasteiger partial charge in [0.25, 0.3) is 0 Å². The van der Waals surface area contributed by atoms with Gasteiger partial charge in [0.2, 0.25) is 6.29 Å². The van der Waals surface area contributed by atoms with E-state index in [4.69, 9.17) is 14.9 Å².